The largest absolute Gasteiger partial charge is 0.480 e. The summed E-state index contributed by atoms with van der Waals surface area (Å²) in [5.74, 6) is -1.07. The smallest absolute Gasteiger partial charge is 0.326 e. The average Bonchev–Trinajstić information content (AvgIpc) is 2.83. The minimum absolute atomic E-state index is 0.0229. The van der Waals surface area contributed by atoms with Crippen LogP contribution in [0.3, 0.4) is 0 Å². The van der Waals surface area contributed by atoms with Crippen molar-refractivity contribution in [2.75, 3.05) is 0 Å². The van der Waals surface area contributed by atoms with Crippen LogP contribution >= 0.6 is 0 Å². The van der Waals surface area contributed by atoms with Gasteiger partial charge < -0.3 is 20.1 Å². The number of rotatable bonds is 10. The molecule has 0 saturated carbocycles. The second kappa shape index (κ2) is 11.9. The Morgan fingerprint density at radius 3 is 2.14 bits per heavy atom. The van der Waals surface area contributed by atoms with Crippen molar-refractivity contribution in [1.29, 1.82) is 0 Å². The maximum absolute atomic E-state index is 13.4. The fourth-order valence-corrected chi connectivity index (χ4v) is 4.47. The van der Waals surface area contributed by atoms with E-state index in [0.717, 1.165) is 10.8 Å². The second-order valence-corrected chi connectivity index (χ2v) is 10.2. The van der Waals surface area contributed by atoms with Gasteiger partial charge in [0.2, 0.25) is 0 Å². The number of hydrogen-bond donors (Lipinski definition) is 2. The molecule has 2 N–H and O–H groups in total. The molecule has 0 fully saturated rings. The van der Waals surface area contributed by atoms with Crippen LogP contribution in [0, 0.1) is 5.92 Å². The van der Waals surface area contributed by atoms with Gasteiger partial charge in [-0.15, -0.1) is 0 Å². The predicted octanol–water partition coefficient (Wildman–Crippen LogP) is 6.12. The van der Waals surface area contributed by atoms with Crippen LogP contribution in [-0.2, 0) is 4.79 Å². The highest BCUT2D eigenvalue weighted by Gasteiger charge is 2.26. The van der Waals surface area contributed by atoms with Crippen molar-refractivity contribution >= 4 is 28.6 Å². The number of carboxylic acid groups (broad SMARTS) is 1. The van der Waals surface area contributed by atoms with Crippen LogP contribution in [0.1, 0.15) is 68.7 Å². The molecule has 0 unspecified atom stereocenters. The van der Waals surface area contributed by atoms with Crippen LogP contribution in [0.15, 0.2) is 60.7 Å². The third-order valence-electron chi connectivity index (χ3n) is 6.10. The number of fused-ring (bicyclic) bond motifs is 1. The summed E-state index contributed by atoms with van der Waals surface area (Å²) in [6.45, 7) is 11.6. The first-order chi connectivity index (χ1) is 17.5. The lowest BCUT2D eigenvalue weighted by atomic mass is 10.0. The second-order valence-electron chi connectivity index (χ2n) is 10.2. The molecule has 2 amide bonds. The Labute approximate surface area is 218 Å². The Hall–Kier alpha value is -3.87. The number of hydrogen-bond acceptors (Lipinski definition) is 4. The molecule has 1 atom stereocenters. The van der Waals surface area contributed by atoms with E-state index in [4.69, 9.17) is 4.74 Å². The van der Waals surface area contributed by atoms with E-state index in [1.54, 1.807) is 23.1 Å². The summed E-state index contributed by atoms with van der Waals surface area (Å²) in [5, 5.41) is 14.1. The van der Waals surface area contributed by atoms with Crippen molar-refractivity contribution in [3.8, 4) is 11.5 Å². The summed E-state index contributed by atoms with van der Waals surface area (Å²) in [5.41, 5.74) is 0.534. The zero-order valence-electron chi connectivity index (χ0n) is 22.3. The number of nitrogens with one attached hydrogen (secondary N) is 1. The van der Waals surface area contributed by atoms with E-state index in [9.17, 15) is 19.5 Å². The highest BCUT2D eigenvalue weighted by atomic mass is 16.5. The topological polar surface area (TPSA) is 95.9 Å². The lowest BCUT2D eigenvalue weighted by Crippen LogP contribution is -2.42. The van der Waals surface area contributed by atoms with Gasteiger partial charge in [0.05, 0.1) is 5.56 Å². The maximum atomic E-state index is 13.4. The van der Waals surface area contributed by atoms with Crippen LogP contribution in [-0.4, -0.2) is 45.9 Å². The Kier molecular flexibility index (Phi) is 8.92. The summed E-state index contributed by atoms with van der Waals surface area (Å²) < 4.78 is 6.28. The van der Waals surface area contributed by atoms with E-state index in [-0.39, 0.29) is 41.6 Å². The molecule has 0 aromatic heterocycles. The number of carbonyl (C=O) groups excluding carboxylic acids is 2. The minimum atomic E-state index is -1.10. The average molecular weight is 505 g/mol. The maximum Gasteiger partial charge on any atom is 0.326 e. The molecule has 0 bridgehead atoms. The quantitative estimate of drug-likeness (QED) is 0.347. The molecule has 0 saturated heterocycles. The van der Waals surface area contributed by atoms with Crippen molar-refractivity contribution in [3.63, 3.8) is 0 Å². The van der Waals surface area contributed by atoms with Crippen LogP contribution in [0.4, 0.5) is 0 Å². The third kappa shape index (κ3) is 6.67. The highest BCUT2D eigenvalue weighted by molar-refractivity contribution is 6.02. The SMILES string of the molecule is CC(C)C[C@H](NC(=O)c1ccc(C(=O)N(C(C)C)C(C)C)cc1Oc1cccc2ccccc12)C(=O)O. The Morgan fingerprint density at radius 2 is 1.51 bits per heavy atom. The van der Waals surface area contributed by atoms with Gasteiger partial charge in [-0.1, -0.05) is 50.2 Å². The molecule has 196 valence electrons. The van der Waals surface area contributed by atoms with E-state index >= 15 is 0 Å². The lowest BCUT2D eigenvalue weighted by molar-refractivity contribution is -0.139. The minimum Gasteiger partial charge on any atom is -0.480 e. The first-order valence-corrected chi connectivity index (χ1v) is 12.7. The zero-order chi connectivity index (χ0) is 27.3. The van der Waals surface area contributed by atoms with E-state index in [0.29, 0.717) is 11.3 Å². The van der Waals surface area contributed by atoms with Crippen molar-refractivity contribution in [3.05, 3.63) is 71.8 Å². The normalized spacial score (nSPS) is 12.1. The molecule has 7 heteroatoms. The number of aliphatic carboxylic acids is 1. The third-order valence-corrected chi connectivity index (χ3v) is 6.10. The molecule has 37 heavy (non-hydrogen) atoms. The van der Waals surface area contributed by atoms with Crippen LogP contribution in [0.5, 0.6) is 11.5 Å². The fraction of sp³-hybridized carbons (Fsp3) is 0.367. The highest BCUT2D eigenvalue weighted by Crippen LogP contribution is 2.33. The summed E-state index contributed by atoms with van der Waals surface area (Å²) >= 11 is 0. The molecule has 3 rings (SSSR count). The number of benzene rings is 3. The monoisotopic (exact) mass is 504 g/mol. The van der Waals surface area contributed by atoms with E-state index in [2.05, 4.69) is 5.32 Å². The van der Waals surface area contributed by atoms with Crippen molar-refractivity contribution in [2.24, 2.45) is 5.92 Å². The van der Waals surface area contributed by atoms with Gasteiger partial charge in [-0.25, -0.2) is 4.79 Å². The molecule has 7 nitrogen and oxygen atoms in total. The van der Waals surface area contributed by atoms with Gasteiger partial charge in [0, 0.05) is 23.0 Å². The number of carbonyl (C=O) groups is 3. The Bertz CT molecular complexity index is 1270. The molecule has 0 aliphatic heterocycles. The van der Waals surface area contributed by atoms with Gasteiger partial charge in [-0.05, 0) is 69.7 Å². The lowest BCUT2D eigenvalue weighted by Gasteiger charge is -2.31. The fourth-order valence-electron chi connectivity index (χ4n) is 4.47. The predicted molar refractivity (Wildman–Crippen MR) is 145 cm³/mol. The molecule has 3 aromatic rings. The molecular formula is C30H36N2O5. The molecule has 3 aromatic carbocycles. The molecule has 0 heterocycles. The molecule has 0 aliphatic rings. The zero-order valence-corrected chi connectivity index (χ0v) is 22.3. The van der Waals surface area contributed by atoms with Crippen molar-refractivity contribution in [2.45, 2.75) is 66.1 Å². The van der Waals surface area contributed by atoms with Gasteiger partial charge in [0.15, 0.2) is 0 Å². The van der Waals surface area contributed by atoms with E-state index in [1.165, 1.54) is 6.07 Å². The number of ether oxygens (including phenoxy) is 1. The van der Waals surface area contributed by atoms with Gasteiger partial charge in [0.25, 0.3) is 11.8 Å². The Balaban J connectivity index is 2.08. The first kappa shape index (κ1) is 27.7. The number of amides is 2. The molecule has 0 radical (unpaired) electrons. The van der Waals surface area contributed by atoms with Crippen LogP contribution in [0.2, 0.25) is 0 Å². The van der Waals surface area contributed by atoms with Gasteiger partial charge in [-0.2, -0.15) is 0 Å². The summed E-state index contributed by atoms with van der Waals surface area (Å²) in [6.07, 6.45) is 0.287. The molecule has 0 aliphatic carbocycles. The Morgan fingerprint density at radius 1 is 0.865 bits per heavy atom. The van der Waals surface area contributed by atoms with E-state index < -0.39 is 17.9 Å². The summed E-state index contributed by atoms with van der Waals surface area (Å²) in [7, 11) is 0. The number of carboxylic acids is 1. The first-order valence-electron chi connectivity index (χ1n) is 12.7. The van der Waals surface area contributed by atoms with E-state index in [1.807, 2.05) is 77.9 Å². The van der Waals surface area contributed by atoms with Crippen LogP contribution < -0.4 is 10.1 Å². The van der Waals surface area contributed by atoms with Crippen molar-refractivity contribution < 1.29 is 24.2 Å². The molecule has 0 spiro atoms. The standard InChI is InChI=1S/C30H36N2O5/c1-18(2)16-25(30(35)36)31-28(33)24-15-14-22(29(34)32(19(3)4)20(5)6)17-27(24)37-26-13-9-11-21-10-7-8-12-23(21)26/h7-15,17-20,25H,16H2,1-6H3,(H,31,33)(H,35,36)/t25-/m0/s1. The van der Waals surface area contributed by atoms with Gasteiger partial charge in [-0.3, -0.25) is 9.59 Å². The van der Waals surface area contributed by atoms with Gasteiger partial charge >= 0.3 is 5.97 Å². The summed E-state index contributed by atoms with van der Waals surface area (Å²) in [4.78, 5) is 40.2. The van der Waals surface area contributed by atoms with Crippen molar-refractivity contribution in [1.82, 2.24) is 10.2 Å². The summed E-state index contributed by atoms with van der Waals surface area (Å²) in [6, 6.07) is 16.9. The molecular weight excluding hydrogens is 468 g/mol. The number of nitrogens with zero attached hydrogens (tertiary/aromatic N) is 1. The van der Waals surface area contributed by atoms with Gasteiger partial charge in [0.1, 0.15) is 17.5 Å². The van der Waals surface area contributed by atoms with Crippen LogP contribution in [0.25, 0.3) is 10.8 Å².